The van der Waals surface area contributed by atoms with Crippen molar-refractivity contribution in [3.63, 3.8) is 0 Å². The van der Waals surface area contributed by atoms with E-state index in [0.717, 1.165) is 6.54 Å². The fraction of sp³-hybridized carbons (Fsp3) is 0.833. The van der Waals surface area contributed by atoms with E-state index in [1.54, 1.807) is 0 Å². The zero-order valence-electron chi connectivity index (χ0n) is 10.4. The normalized spacial score (nSPS) is 29.7. The Bertz CT molecular complexity index is 314. The van der Waals surface area contributed by atoms with Crippen LogP contribution in [0.15, 0.2) is 0 Å². The third kappa shape index (κ3) is 2.83. The summed E-state index contributed by atoms with van der Waals surface area (Å²) in [7, 11) is 0. The molecule has 0 spiro atoms. The summed E-state index contributed by atoms with van der Waals surface area (Å²) in [6, 6.07) is -0.311. The maximum atomic E-state index is 12.0. The van der Waals surface area contributed by atoms with Gasteiger partial charge in [0.1, 0.15) is 0 Å². The van der Waals surface area contributed by atoms with Crippen molar-refractivity contribution in [1.29, 1.82) is 0 Å². The third-order valence-electron chi connectivity index (χ3n) is 3.32. The number of carbonyl (C=O) groups excluding carboxylic acids is 2. The van der Waals surface area contributed by atoms with Crippen LogP contribution < -0.4 is 5.32 Å². The Morgan fingerprint density at radius 1 is 1.47 bits per heavy atom. The van der Waals surface area contributed by atoms with Gasteiger partial charge in [-0.05, 0) is 32.4 Å². The van der Waals surface area contributed by atoms with Crippen molar-refractivity contribution >= 4 is 23.6 Å². The lowest BCUT2D eigenvalue weighted by Crippen LogP contribution is -2.43. The quantitative estimate of drug-likeness (QED) is 0.763. The van der Waals surface area contributed by atoms with Gasteiger partial charge in [0.15, 0.2) is 0 Å². The van der Waals surface area contributed by atoms with Gasteiger partial charge in [-0.15, -0.1) is 0 Å². The van der Waals surface area contributed by atoms with E-state index in [1.165, 1.54) is 23.5 Å². The molecule has 0 bridgehead atoms. The number of rotatable bonds is 4. The Morgan fingerprint density at radius 2 is 2.24 bits per heavy atom. The number of imide groups is 1. The van der Waals surface area contributed by atoms with E-state index in [4.69, 9.17) is 0 Å². The number of thioether (sulfide) groups is 1. The highest BCUT2D eigenvalue weighted by Crippen LogP contribution is 2.26. The number of nitrogens with one attached hydrogen (secondary N) is 1. The first-order chi connectivity index (χ1) is 8.09. The summed E-state index contributed by atoms with van der Waals surface area (Å²) in [6.45, 7) is 4.61. The van der Waals surface area contributed by atoms with Crippen LogP contribution in [-0.2, 0) is 9.59 Å². The zero-order valence-corrected chi connectivity index (χ0v) is 11.3. The molecule has 2 atom stereocenters. The van der Waals surface area contributed by atoms with Gasteiger partial charge in [-0.1, -0.05) is 0 Å². The van der Waals surface area contributed by atoms with Crippen LogP contribution in [0.5, 0.6) is 0 Å². The van der Waals surface area contributed by atoms with Gasteiger partial charge in [0.05, 0.1) is 12.5 Å². The topological polar surface area (TPSA) is 49.4 Å². The average molecular weight is 256 g/mol. The zero-order chi connectivity index (χ0) is 12.4. The molecule has 0 saturated carbocycles. The highest BCUT2D eigenvalue weighted by Gasteiger charge is 2.39. The van der Waals surface area contributed by atoms with Gasteiger partial charge in [-0.2, -0.15) is 11.8 Å². The van der Waals surface area contributed by atoms with Gasteiger partial charge in [0.2, 0.25) is 11.8 Å². The Kier molecular flexibility index (Phi) is 4.09. The molecule has 0 aliphatic carbocycles. The molecule has 0 aromatic rings. The van der Waals surface area contributed by atoms with Gasteiger partial charge in [0.25, 0.3) is 0 Å². The fourth-order valence-electron chi connectivity index (χ4n) is 2.43. The van der Waals surface area contributed by atoms with E-state index < -0.39 is 0 Å². The lowest BCUT2D eigenvalue weighted by molar-refractivity contribution is -0.140. The summed E-state index contributed by atoms with van der Waals surface area (Å²) in [6.07, 6.45) is 2.82. The molecule has 2 rings (SSSR count). The van der Waals surface area contributed by atoms with E-state index in [0.29, 0.717) is 11.7 Å². The largest absolute Gasteiger partial charge is 0.304 e. The average Bonchev–Trinajstić information content (AvgIpc) is 2.84. The monoisotopic (exact) mass is 256 g/mol. The number of carbonyl (C=O) groups is 2. The summed E-state index contributed by atoms with van der Waals surface area (Å²) >= 11 is 1.96. The first-order valence-electron chi connectivity index (χ1n) is 6.30. The Morgan fingerprint density at radius 3 is 2.76 bits per heavy atom. The van der Waals surface area contributed by atoms with Crippen molar-refractivity contribution in [2.24, 2.45) is 0 Å². The molecule has 0 radical (unpaired) electrons. The molecule has 17 heavy (non-hydrogen) atoms. The van der Waals surface area contributed by atoms with Crippen molar-refractivity contribution in [1.82, 2.24) is 10.2 Å². The van der Waals surface area contributed by atoms with Crippen molar-refractivity contribution in [3.05, 3.63) is 0 Å². The number of likely N-dealkylation sites (tertiary alicyclic amines) is 1. The minimum atomic E-state index is -0.286. The lowest BCUT2D eigenvalue weighted by Gasteiger charge is -2.19. The molecule has 2 fully saturated rings. The minimum absolute atomic E-state index is 0.0253. The molecular weight excluding hydrogens is 236 g/mol. The Balaban J connectivity index is 1.85. The Labute approximate surface area is 106 Å². The van der Waals surface area contributed by atoms with Gasteiger partial charge in [-0.25, -0.2) is 0 Å². The van der Waals surface area contributed by atoms with E-state index in [9.17, 15) is 9.59 Å². The van der Waals surface area contributed by atoms with Crippen LogP contribution in [0.1, 0.15) is 33.1 Å². The van der Waals surface area contributed by atoms with Crippen LogP contribution in [0.4, 0.5) is 0 Å². The lowest BCUT2D eigenvalue weighted by atomic mass is 10.2. The third-order valence-corrected chi connectivity index (χ3v) is 4.71. The molecule has 0 aromatic carbocycles. The molecule has 2 saturated heterocycles. The summed E-state index contributed by atoms with van der Waals surface area (Å²) in [5.41, 5.74) is 0. The predicted octanol–water partition coefficient (Wildman–Crippen LogP) is 1.01. The fourth-order valence-corrected chi connectivity index (χ4v) is 3.65. The summed E-state index contributed by atoms with van der Waals surface area (Å²) in [4.78, 5) is 25.1. The van der Waals surface area contributed by atoms with Crippen LogP contribution in [0.3, 0.4) is 0 Å². The Hall–Kier alpha value is -0.550. The van der Waals surface area contributed by atoms with Crippen molar-refractivity contribution in [2.75, 3.05) is 12.3 Å². The van der Waals surface area contributed by atoms with Crippen molar-refractivity contribution in [2.45, 2.75) is 50.4 Å². The van der Waals surface area contributed by atoms with Crippen LogP contribution in [0, 0.1) is 0 Å². The van der Waals surface area contributed by atoms with E-state index in [1.807, 2.05) is 25.6 Å². The molecule has 96 valence electrons. The molecule has 1 N–H and O–H groups in total. The summed E-state index contributed by atoms with van der Waals surface area (Å²) in [5.74, 6) is 1.14. The van der Waals surface area contributed by atoms with E-state index >= 15 is 0 Å². The molecule has 2 aliphatic rings. The van der Waals surface area contributed by atoms with Crippen LogP contribution in [-0.4, -0.2) is 46.3 Å². The molecule has 2 heterocycles. The minimum Gasteiger partial charge on any atom is -0.304 e. The van der Waals surface area contributed by atoms with E-state index in [-0.39, 0.29) is 23.9 Å². The van der Waals surface area contributed by atoms with Crippen molar-refractivity contribution < 1.29 is 9.59 Å². The van der Waals surface area contributed by atoms with Gasteiger partial charge in [0, 0.05) is 17.8 Å². The molecular formula is C12H20N2O2S. The summed E-state index contributed by atoms with van der Waals surface area (Å²) in [5, 5.41) is 3.87. The standard InChI is InChI=1S/C12H20N2O2S/c1-8(2)14-11(15)6-10(12(14)16)13-7-9-4-3-5-17-9/h8-10,13H,3-7H2,1-2H3. The smallest absolute Gasteiger partial charge is 0.247 e. The maximum Gasteiger partial charge on any atom is 0.247 e. The van der Waals surface area contributed by atoms with Crippen molar-refractivity contribution in [3.8, 4) is 0 Å². The predicted molar refractivity (Wildman–Crippen MR) is 68.9 cm³/mol. The SMILES string of the molecule is CC(C)N1C(=O)CC(NCC2CCCS2)C1=O. The second-order valence-electron chi connectivity index (χ2n) is 5.00. The molecule has 5 heteroatoms. The van der Waals surface area contributed by atoms with Gasteiger partial charge in [-0.3, -0.25) is 14.5 Å². The molecule has 4 nitrogen and oxygen atoms in total. The molecule has 2 unspecified atom stereocenters. The molecule has 2 amide bonds. The number of amides is 2. The molecule has 2 aliphatic heterocycles. The first-order valence-corrected chi connectivity index (χ1v) is 7.35. The van der Waals surface area contributed by atoms with Gasteiger partial charge < -0.3 is 5.32 Å². The highest BCUT2D eigenvalue weighted by atomic mass is 32.2. The highest BCUT2D eigenvalue weighted by molar-refractivity contribution is 8.00. The van der Waals surface area contributed by atoms with E-state index in [2.05, 4.69) is 5.32 Å². The van der Waals surface area contributed by atoms with Gasteiger partial charge >= 0.3 is 0 Å². The number of hydrogen-bond donors (Lipinski definition) is 1. The van der Waals surface area contributed by atoms with Crippen LogP contribution in [0.25, 0.3) is 0 Å². The molecule has 0 aromatic heterocycles. The second-order valence-corrected chi connectivity index (χ2v) is 6.40. The van der Waals surface area contributed by atoms with Crippen LogP contribution >= 0.6 is 11.8 Å². The second kappa shape index (κ2) is 5.40. The number of hydrogen-bond acceptors (Lipinski definition) is 4. The van der Waals surface area contributed by atoms with Crippen LogP contribution in [0.2, 0.25) is 0 Å². The summed E-state index contributed by atoms with van der Waals surface area (Å²) < 4.78 is 0. The number of nitrogens with zero attached hydrogens (tertiary/aromatic N) is 1. The maximum absolute atomic E-state index is 12.0. The first kappa shape index (κ1) is 12.9.